The molecule has 0 spiro atoms. The number of aromatic nitrogens is 4. The van der Waals surface area contributed by atoms with E-state index in [0.29, 0.717) is 17.6 Å². The molecule has 1 aliphatic rings. The van der Waals surface area contributed by atoms with Crippen molar-refractivity contribution in [2.24, 2.45) is 0 Å². The molecule has 1 fully saturated rings. The first-order chi connectivity index (χ1) is 13.7. The number of aliphatic hydroxyl groups excluding tert-OH is 1. The summed E-state index contributed by atoms with van der Waals surface area (Å²) in [6.07, 6.45) is 6.95. The van der Waals surface area contributed by atoms with Gasteiger partial charge >= 0.3 is 0 Å². The zero-order valence-corrected chi connectivity index (χ0v) is 16.0. The van der Waals surface area contributed by atoms with Gasteiger partial charge in [0.25, 0.3) is 0 Å². The molecule has 28 heavy (non-hydrogen) atoms. The van der Waals surface area contributed by atoms with Crippen LogP contribution in [0, 0.1) is 5.82 Å². The molecule has 1 saturated carbocycles. The van der Waals surface area contributed by atoms with E-state index in [1.165, 1.54) is 17.4 Å². The van der Waals surface area contributed by atoms with Gasteiger partial charge in [-0.1, -0.05) is 24.2 Å². The highest BCUT2D eigenvalue weighted by Gasteiger charge is 2.24. The van der Waals surface area contributed by atoms with Gasteiger partial charge in [0.15, 0.2) is 10.8 Å². The molecule has 0 aliphatic heterocycles. The van der Waals surface area contributed by atoms with Crippen molar-refractivity contribution in [2.75, 3.05) is 5.32 Å². The van der Waals surface area contributed by atoms with E-state index in [2.05, 4.69) is 20.3 Å². The molecule has 3 heterocycles. The second-order valence-corrected chi connectivity index (χ2v) is 8.28. The number of pyridine rings is 1. The maximum atomic E-state index is 14.7. The summed E-state index contributed by atoms with van der Waals surface area (Å²) in [6.45, 7) is 0.358. The number of aliphatic hydroxyl groups is 1. The standard InChI is InChI=1S/C20H20FN5OS/c21-13-9-16-18(28-20(25-16)24-14-4-1-2-6-17(14)27)8-12(13)10-26-11-23-15-5-3-7-22-19(15)26/h3,5,7-9,11,14,17,27H,1-2,4,6,10H2,(H,24,25). The summed E-state index contributed by atoms with van der Waals surface area (Å²) in [7, 11) is 0. The van der Waals surface area contributed by atoms with Crippen LogP contribution < -0.4 is 5.32 Å². The van der Waals surface area contributed by atoms with Crippen molar-refractivity contribution in [3.05, 3.63) is 48.2 Å². The van der Waals surface area contributed by atoms with Crippen molar-refractivity contribution in [2.45, 2.75) is 44.4 Å². The Balaban J connectivity index is 1.43. The van der Waals surface area contributed by atoms with Crippen molar-refractivity contribution in [1.29, 1.82) is 0 Å². The molecule has 3 aromatic heterocycles. The Bertz CT molecular complexity index is 1140. The van der Waals surface area contributed by atoms with E-state index in [4.69, 9.17) is 0 Å². The second-order valence-electron chi connectivity index (χ2n) is 7.25. The Kier molecular flexibility index (Phi) is 4.44. The van der Waals surface area contributed by atoms with E-state index in [1.807, 2.05) is 22.8 Å². The molecule has 6 nitrogen and oxygen atoms in total. The van der Waals surface area contributed by atoms with E-state index >= 15 is 0 Å². The van der Waals surface area contributed by atoms with Gasteiger partial charge in [0.2, 0.25) is 0 Å². The van der Waals surface area contributed by atoms with Crippen molar-refractivity contribution in [1.82, 2.24) is 19.5 Å². The number of thiazole rings is 1. The molecule has 144 valence electrons. The minimum absolute atomic E-state index is 0.0158. The molecule has 0 saturated heterocycles. The van der Waals surface area contributed by atoms with Crippen LogP contribution in [0.3, 0.4) is 0 Å². The van der Waals surface area contributed by atoms with Crippen molar-refractivity contribution in [3.8, 4) is 0 Å². The maximum absolute atomic E-state index is 14.7. The Hall–Kier alpha value is -2.58. The number of rotatable bonds is 4. The van der Waals surface area contributed by atoms with Gasteiger partial charge in [0, 0.05) is 17.8 Å². The maximum Gasteiger partial charge on any atom is 0.184 e. The Morgan fingerprint density at radius 3 is 3.00 bits per heavy atom. The normalized spacial score (nSPS) is 20.1. The number of fused-ring (bicyclic) bond motifs is 2. The van der Waals surface area contributed by atoms with Crippen LogP contribution in [0.1, 0.15) is 31.2 Å². The summed E-state index contributed by atoms with van der Waals surface area (Å²) >= 11 is 1.49. The highest BCUT2D eigenvalue weighted by atomic mass is 32.1. The predicted molar refractivity (Wildman–Crippen MR) is 108 cm³/mol. The van der Waals surface area contributed by atoms with Crippen LogP contribution in [-0.2, 0) is 6.54 Å². The monoisotopic (exact) mass is 397 g/mol. The van der Waals surface area contributed by atoms with Gasteiger partial charge in [-0.3, -0.25) is 0 Å². The van der Waals surface area contributed by atoms with Crippen molar-refractivity contribution >= 4 is 37.8 Å². The van der Waals surface area contributed by atoms with Crippen LogP contribution in [0.25, 0.3) is 21.4 Å². The number of nitrogens with one attached hydrogen (secondary N) is 1. The first kappa shape index (κ1) is 17.5. The van der Waals surface area contributed by atoms with Crippen LogP contribution in [-0.4, -0.2) is 36.8 Å². The quantitative estimate of drug-likeness (QED) is 0.545. The van der Waals surface area contributed by atoms with Gasteiger partial charge < -0.3 is 15.0 Å². The van der Waals surface area contributed by atoms with E-state index in [0.717, 1.165) is 46.7 Å². The molecule has 2 atom stereocenters. The van der Waals surface area contributed by atoms with Gasteiger partial charge in [-0.05, 0) is 31.0 Å². The first-order valence-corrected chi connectivity index (χ1v) is 10.3. The highest BCUT2D eigenvalue weighted by molar-refractivity contribution is 7.22. The Labute approximate surface area is 165 Å². The number of halogens is 1. The third-order valence-corrected chi connectivity index (χ3v) is 6.26. The zero-order valence-electron chi connectivity index (χ0n) is 15.2. The van der Waals surface area contributed by atoms with Gasteiger partial charge in [-0.2, -0.15) is 0 Å². The van der Waals surface area contributed by atoms with E-state index in [1.54, 1.807) is 12.5 Å². The lowest BCUT2D eigenvalue weighted by atomic mass is 9.93. The van der Waals surface area contributed by atoms with Crippen LogP contribution >= 0.6 is 11.3 Å². The molecule has 2 unspecified atom stereocenters. The van der Waals surface area contributed by atoms with Crippen LogP contribution in [0.15, 0.2) is 36.8 Å². The van der Waals surface area contributed by atoms with Crippen LogP contribution in [0.5, 0.6) is 0 Å². The summed E-state index contributed by atoms with van der Waals surface area (Å²) in [4.78, 5) is 13.2. The largest absolute Gasteiger partial charge is 0.391 e. The summed E-state index contributed by atoms with van der Waals surface area (Å²) in [5.41, 5.74) is 2.73. The number of hydrogen-bond donors (Lipinski definition) is 2. The molecular weight excluding hydrogens is 377 g/mol. The minimum Gasteiger partial charge on any atom is -0.391 e. The van der Waals surface area contributed by atoms with E-state index < -0.39 is 0 Å². The smallest absolute Gasteiger partial charge is 0.184 e. The fourth-order valence-corrected chi connectivity index (χ4v) is 4.78. The molecule has 0 amide bonds. The minimum atomic E-state index is -0.352. The summed E-state index contributed by atoms with van der Waals surface area (Å²) in [5.74, 6) is -0.292. The highest BCUT2D eigenvalue weighted by Crippen LogP contribution is 2.31. The third kappa shape index (κ3) is 3.22. The SMILES string of the molecule is OC1CCCCC1Nc1nc2cc(F)c(Cn3cnc4cccnc43)cc2s1. The average Bonchev–Trinajstić information content (AvgIpc) is 3.27. The molecular formula is C20H20FN5OS. The van der Waals surface area contributed by atoms with E-state index in [9.17, 15) is 9.50 Å². The van der Waals surface area contributed by atoms with Crippen molar-refractivity contribution < 1.29 is 9.50 Å². The van der Waals surface area contributed by atoms with Gasteiger partial charge in [-0.25, -0.2) is 19.3 Å². The molecule has 5 rings (SSSR count). The number of hydrogen-bond acceptors (Lipinski definition) is 6. The number of imidazole rings is 1. The molecule has 1 aliphatic carbocycles. The average molecular weight is 397 g/mol. The number of anilines is 1. The molecule has 0 radical (unpaired) electrons. The van der Waals surface area contributed by atoms with Gasteiger partial charge in [0.1, 0.15) is 11.3 Å². The fourth-order valence-electron chi connectivity index (χ4n) is 3.81. The van der Waals surface area contributed by atoms with Gasteiger partial charge in [-0.15, -0.1) is 0 Å². The Morgan fingerprint density at radius 2 is 2.11 bits per heavy atom. The van der Waals surface area contributed by atoms with Crippen LogP contribution in [0.2, 0.25) is 0 Å². The molecule has 1 aromatic carbocycles. The number of nitrogens with zero attached hydrogens (tertiary/aromatic N) is 4. The zero-order chi connectivity index (χ0) is 19.1. The lowest BCUT2D eigenvalue weighted by Gasteiger charge is -2.27. The lowest BCUT2D eigenvalue weighted by molar-refractivity contribution is 0.116. The predicted octanol–water partition coefficient (Wildman–Crippen LogP) is 3.94. The van der Waals surface area contributed by atoms with Gasteiger partial charge in [0.05, 0.1) is 35.2 Å². The first-order valence-electron chi connectivity index (χ1n) is 9.47. The number of benzene rings is 1. The second kappa shape index (κ2) is 7.10. The molecule has 4 aromatic rings. The summed E-state index contributed by atoms with van der Waals surface area (Å²) in [5, 5.41) is 14.2. The van der Waals surface area contributed by atoms with Crippen LogP contribution in [0.4, 0.5) is 9.52 Å². The molecule has 8 heteroatoms. The fraction of sp³-hybridized carbons (Fsp3) is 0.350. The van der Waals surface area contributed by atoms with E-state index in [-0.39, 0.29) is 18.0 Å². The third-order valence-electron chi connectivity index (χ3n) is 5.31. The van der Waals surface area contributed by atoms with Crippen molar-refractivity contribution in [3.63, 3.8) is 0 Å². The molecule has 2 N–H and O–H groups in total. The Morgan fingerprint density at radius 1 is 1.21 bits per heavy atom. The summed E-state index contributed by atoms with van der Waals surface area (Å²) in [6, 6.07) is 7.07. The summed E-state index contributed by atoms with van der Waals surface area (Å²) < 4.78 is 17.5. The topological polar surface area (TPSA) is 75.9 Å². The lowest BCUT2D eigenvalue weighted by Crippen LogP contribution is -2.36. The molecule has 0 bridgehead atoms.